The standard InChI is InChI=1S/C11H13N5O/c1-15-10-9(6-14-15)11(13-7-12-10)16-4-2-8(17)3-5-16/h6-7H,2-5H2,1H3. The van der Waals surface area contributed by atoms with Crippen LogP contribution in [0, 0.1) is 0 Å². The van der Waals surface area contributed by atoms with Gasteiger partial charge in [0.15, 0.2) is 5.65 Å². The lowest BCUT2D eigenvalue weighted by atomic mass is 10.1. The topological polar surface area (TPSA) is 63.9 Å². The summed E-state index contributed by atoms with van der Waals surface area (Å²) < 4.78 is 1.73. The molecule has 0 aliphatic carbocycles. The van der Waals surface area contributed by atoms with Crippen LogP contribution in [0.4, 0.5) is 5.82 Å². The van der Waals surface area contributed by atoms with Crippen LogP contribution in [0.15, 0.2) is 12.5 Å². The summed E-state index contributed by atoms with van der Waals surface area (Å²) in [5.74, 6) is 1.22. The second-order valence-corrected chi connectivity index (χ2v) is 4.23. The van der Waals surface area contributed by atoms with Crippen LogP contribution in [0.25, 0.3) is 11.0 Å². The van der Waals surface area contributed by atoms with Gasteiger partial charge in [-0.2, -0.15) is 5.10 Å². The number of piperidine rings is 1. The van der Waals surface area contributed by atoms with Gasteiger partial charge >= 0.3 is 0 Å². The van der Waals surface area contributed by atoms with E-state index in [4.69, 9.17) is 0 Å². The van der Waals surface area contributed by atoms with E-state index >= 15 is 0 Å². The monoisotopic (exact) mass is 231 g/mol. The zero-order valence-corrected chi connectivity index (χ0v) is 9.63. The summed E-state index contributed by atoms with van der Waals surface area (Å²) in [6, 6.07) is 0. The predicted molar refractivity (Wildman–Crippen MR) is 62.8 cm³/mol. The molecule has 1 aliphatic heterocycles. The second kappa shape index (κ2) is 3.80. The van der Waals surface area contributed by atoms with Crippen molar-refractivity contribution in [3.8, 4) is 0 Å². The molecule has 6 heteroatoms. The van der Waals surface area contributed by atoms with Gasteiger partial charge in [-0.15, -0.1) is 0 Å². The smallest absolute Gasteiger partial charge is 0.163 e. The zero-order valence-electron chi connectivity index (χ0n) is 9.63. The Kier molecular flexibility index (Phi) is 2.28. The number of hydrogen-bond donors (Lipinski definition) is 0. The fourth-order valence-corrected chi connectivity index (χ4v) is 2.17. The van der Waals surface area contributed by atoms with Crippen LogP contribution in [0.3, 0.4) is 0 Å². The van der Waals surface area contributed by atoms with Crippen LogP contribution in [0.2, 0.25) is 0 Å². The number of rotatable bonds is 1. The number of fused-ring (bicyclic) bond motifs is 1. The van der Waals surface area contributed by atoms with Crippen LogP contribution in [-0.2, 0) is 11.8 Å². The molecule has 3 heterocycles. The fourth-order valence-electron chi connectivity index (χ4n) is 2.17. The number of aromatic nitrogens is 4. The molecule has 0 atom stereocenters. The van der Waals surface area contributed by atoms with E-state index in [1.165, 1.54) is 0 Å². The molecule has 0 radical (unpaired) electrons. The average molecular weight is 231 g/mol. The summed E-state index contributed by atoms with van der Waals surface area (Å²) in [7, 11) is 1.86. The van der Waals surface area contributed by atoms with E-state index in [0.717, 1.165) is 29.9 Å². The maximum atomic E-state index is 11.2. The second-order valence-electron chi connectivity index (χ2n) is 4.23. The molecule has 88 valence electrons. The number of nitrogens with zero attached hydrogens (tertiary/aromatic N) is 5. The van der Waals surface area contributed by atoms with E-state index in [0.29, 0.717) is 18.6 Å². The summed E-state index contributed by atoms with van der Waals surface area (Å²) in [6.45, 7) is 1.47. The van der Waals surface area contributed by atoms with Gasteiger partial charge in [-0.25, -0.2) is 9.97 Å². The first-order valence-corrected chi connectivity index (χ1v) is 5.65. The first-order chi connectivity index (χ1) is 8.25. The predicted octanol–water partition coefficient (Wildman–Crippen LogP) is 0.533. The Labute approximate surface area is 98.3 Å². The van der Waals surface area contributed by atoms with E-state index in [-0.39, 0.29) is 0 Å². The third-order valence-corrected chi connectivity index (χ3v) is 3.13. The Morgan fingerprint density at radius 3 is 2.76 bits per heavy atom. The molecule has 1 saturated heterocycles. The van der Waals surface area contributed by atoms with Crippen molar-refractivity contribution in [1.82, 2.24) is 19.7 Å². The molecule has 2 aromatic rings. The number of ketones is 1. The highest BCUT2D eigenvalue weighted by atomic mass is 16.1. The van der Waals surface area contributed by atoms with Crippen molar-refractivity contribution in [2.24, 2.45) is 7.05 Å². The van der Waals surface area contributed by atoms with E-state index in [9.17, 15) is 4.79 Å². The Hall–Kier alpha value is -1.98. The van der Waals surface area contributed by atoms with Crippen LogP contribution < -0.4 is 4.90 Å². The van der Waals surface area contributed by atoms with E-state index in [2.05, 4.69) is 20.0 Å². The molecule has 2 aromatic heterocycles. The lowest BCUT2D eigenvalue weighted by Crippen LogP contribution is -2.34. The van der Waals surface area contributed by atoms with Crippen molar-refractivity contribution in [3.63, 3.8) is 0 Å². The average Bonchev–Trinajstić information content (AvgIpc) is 2.73. The van der Waals surface area contributed by atoms with E-state index in [1.807, 2.05) is 7.05 Å². The molecule has 0 saturated carbocycles. The van der Waals surface area contributed by atoms with Crippen molar-refractivity contribution >= 4 is 22.6 Å². The SMILES string of the molecule is Cn1ncc2c(N3CCC(=O)CC3)ncnc21. The van der Waals surface area contributed by atoms with E-state index in [1.54, 1.807) is 17.2 Å². The van der Waals surface area contributed by atoms with Gasteiger partial charge in [0.25, 0.3) is 0 Å². The number of carbonyl (C=O) groups is 1. The fraction of sp³-hybridized carbons (Fsp3) is 0.455. The lowest BCUT2D eigenvalue weighted by molar-refractivity contribution is -0.119. The van der Waals surface area contributed by atoms with Gasteiger partial charge in [0.1, 0.15) is 17.9 Å². The van der Waals surface area contributed by atoms with Crippen molar-refractivity contribution in [3.05, 3.63) is 12.5 Å². The van der Waals surface area contributed by atoms with Crippen LogP contribution >= 0.6 is 0 Å². The summed E-state index contributed by atoms with van der Waals surface area (Å²) in [5.41, 5.74) is 0.826. The van der Waals surface area contributed by atoms with Crippen LogP contribution in [0.1, 0.15) is 12.8 Å². The number of aryl methyl sites for hydroxylation is 1. The highest BCUT2D eigenvalue weighted by molar-refractivity contribution is 5.88. The Morgan fingerprint density at radius 1 is 1.24 bits per heavy atom. The maximum Gasteiger partial charge on any atom is 0.163 e. The van der Waals surface area contributed by atoms with Crippen LogP contribution in [-0.4, -0.2) is 38.6 Å². The molecule has 1 fully saturated rings. The maximum absolute atomic E-state index is 11.2. The van der Waals surface area contributed by atoms with Crippen LogP contribution in [0.5, 0.6) is 0 Å². The van der Waals surface area contributed by atoms with E-state index < -0.39 is 0 Å². The molecule has 0 amide bonds. The minimum atomic E-state index is 0.331. The minimum absolute atomic E-state index is 0.331. The van der Waals surface area contributed by atoms with Crippen molar-refractivity contribution in [2.75, 3.05) is 18.0 Å². The quantitative estimate of drug-likeness (QED) is 0.716. The van der Waals surface area contributed by atoms with Gasteiger partial charge in [-0.05, 0) is 0 Å². The first-order valence-electron chi connectivity index (χ1n) is 5.65. The molecule has 0 aromatic carbocycles. The van der Waals surface area contributed by atoms with Gasteiger partial charge in [-0.3, -0.25) is 9.48 Å². The molecule has 6 nitrogen and oxygen atoms in total. The highest BCUT2D eigenvalue weighted by Gasteiger charge is 2.20. The largest absolute Gasteiger partial charge is 0.355 e. The minimum Gasteiger partial charge on any atom is -0.355 e. The number of anilines is 1. The number of hydrogen-bond acceptors (Lipinski definition) is 5. The van der Waals surface area contributed by atoms with Crippen molar-refractivity contribution in [2.45, 2.75) is 12.8 Å². The lowest BCUT2D eigenvalue weighted by Gasteiger charge is -2.27. The summed E-state index contributed by atoms with van der Waals surface area (Å²) in [5, 5.41) is 5.14. The molecular weight excluding hydrogens is 218 g/mol. The molecule has 0 bridgehead atoms. The highest BCUT2D eigenvalue weighted by Crippen LogP contribution is 2.24. The zero-order chi connectivity index (χ0) is 11.8. The molecule has 1 aliphatic rings. The Balaban J connectivity index is 2.02. The third kappa shape index (κ3) is 1.65. The summed E-state index contributed by atoms with van der Waals surface area (Å²) >= 11 is 0. The molecule has 0 spiro atoms. The van der Waals surface area contributed by atoms with Gasteiger partial charge in [-0.1, -0.05) is 0 Å². The van der Waals surface area contributed by atoms with Gasteiger partial charge in [0.2, 0.25) is 0 Å². The number of carbonyl (C=O) groups excluding carboxylic acids is 1. The summed E-state index contributed by atoms with van der Waals surface area (Å²) in [6.07, 6.45) is 4.54. The molecule has 0 unspecified atom stereocenters. The normalized spacial score (nSPS) is 16.8. The van der Waals surface area contributed by atoms with Crippen molar-refractivity contribution < 1.29 is 4.79 Å². The first kappa shape index (κ1) is 10.2. The Bertz CT molecular complexity index is 566. The number of Topliss-reactive ketones (excluding diaryl/α,β-unsaturated/α-hetero) is 1. The van der Waals surface area contributed by atoms with Gasteiger partial charge in [0, 0.05) is 33.0 Å². The molecule has 3 rings (SSSR count). The third-order valence-electron chi connectivity index (χ3n) is 3.13. The van der Waals surface area contributed by atoms with Gasteiger partial charge < -0.3 is 4.90 Å². The summed E-state index contributed by atoms with van der Waals surface area (Å²) in [4.78, 5) is 21.9. The molecule has 17 heavy (non-hydrogen) atoms. The van der Waals surface area contributed by atoms with Crippen molar-refractivity contribution in [1.29, 1.82) is 0 Å². The molecular formula is C11H13N5O. The van der Waals surface area contributed by atoms with Gasteiger partial charge in [0.05, 0.1) is 11.6 Å². The Morgan fingerprint density at radius 2 is 2.00 bits per heavy atom. The molecule has 0 N–H and O–H groups in total.